The van der Waals surface area contributed by atoms with E-state index in [1.807, 2.05) is 0 Å². The van der Waals surface area contributed by atoms with E-state index < -0.39 is 60.2 Å². The maximum Gasteiger partial charge on any atom is 0.326 e. The number of hydrogen-bond acceptors (Lipinski definition) is 9. The molecule has 2 aromatic carbocycles. The first kappa shape index (κ1) is 33.5. The number of hydrogen-bond donors (Lipinski definition) is 9. The number of carboxylic acid groups (broad SMARTS) is 2. The van der Waals surface area contributed by atoms with Crippen molar-refractivity contribution in [2.75, 3.05) is 6.54 Å². The second-order valence-corrected chi connectivity index (χ2v) is 9.75. The van der Waals surface area contributed by atoms with E-state index in [2.05, 4.69) is 16.0 Å². The minimum Gasteiger partial charge on any atom is -0.508 e. The molecule has 14 heteroatoms. The standard InChI is InChI=1S/C28H37N5O9/c29-12-2-1-3-21(31-25(38)20(30)15-24(36)37)26(39)32-22(13-16-4-8-18(34)9-5-16)27(40)33-23(28(41)42)14-17-6-10-19(35)11-7-17/h4-11,20-23,34-35H,1-3,12-15,29-30H2,(H,31,38)(H,32,39)(H,33,40)(H,36,37)(H,41,42). The Balaban J connectivity index is 2.27. The van der Waals surface area contributed by atoms with Crippen LogP contribution in [0.3, 0.4) is 0 Å². The molecule has 0 heterocycles. The molecule has 0 bridgehead atoms. The number of unbranched alkanes of at least 4 members (excludes halogenated alkanes) is 1. The van der Waals surface area contributed by atoms with Gasteiger partial charge in [0.25, 0.3) is 0 Å². The van der Waals surface area contributed by atoms with Crippen LogP contribution in [0.15, 0.2) is 48.5 Å². The molecule has 2 rings (SSSR count). The predicted molar refractivity (Wildman–Crippen MR) is 150 cm³/mol. The van der Waals surface area contributed by atoms with Gasteiger partial charge in [0.15, 0.2) is 0 Å². The topological polar surface area (TPSA) is 254 Å². The Labute approximate surface area is 242 Å². The summed E-state index contributed by atoms with van der Waals surface area (Å²) in [6, 6.07) is 6.32. The van der Waals surface area contributed by atoms with E-state index in [1.165, 1.54) is 48.5 Å². The van der Waals surface area contributed by atoms with Crippen molar-refractivity contribution in [2.24, 2.45) is 11.5 Å². The van der Waals surface area contributed by atoms with E-state index in [-0.39, 0.29) is 30.8 Å². The number of carbonyl (C=O) groups is 5. The van der Waals surface area contributed by atoms with Gasteiger partial charge in [0.05, 0.1) is 12.5 Å². The molecular weight excluding hydrogens is 550 g/mol. The number of carboxylic acids is 2. The lowest BCUT2D eigenvalue weighted by molar-refractivity contribution is -0.142. The molecule has 0 fully saturated rings. The minimum atomic E-state index is -1.42. The van der Waals surface area contributed by atoms with Gasteiger partial charge in [0.1, 0.15) is 29.6 Å². The van der Waals surface area contributed by atoms with Gasteiger partial charge < -0.3 is 47.8 Å². The molecule has 2 aromatic rings. The zero-order chi connectivity index (χ0) is 31.2. The number of carbonyl (C=O) groups excluding carboxylic acids is 3. The zero-order valence-electron chi connectivity index (χ0n) is 22.9. The summed E-state index contributed by atoms with van der Waals surface area (Å²) < 4.78 is 0. The number of phenols is 2. The minimum absolute atomic E-state index is 0.0108. The third kappa shape index (κ3) is 11.4. The van der Waals surface area contributed by atoms with Crippen molar-refractivity contribution in [3.05, 3.63) is 59.7 Å². The van der Waals surface area contributed by atoms with Gasteiger partial charge >= 0.3 is 11.9 Å². The van der Waals surface area contributed by atoms with Gasteiger partial charge in [0.2, 0.25) is 17.7 Å². The third-order valence-electron chi connectivity index (χ3n) is 6.31. The second-order valence-electron chi connectivity index (χ2n) is 9.75. The van der Waals surface area contributed by atoms with E-state index >= 15 is 0 Å². The van der Waals surface area contributed by atoms with Crippen LogP contribution >= 0.6 is 0 Å². The molecule has 0 spiro atoms. The van der Waals surface area contributed by atoms with E-state index in [0.29, 0.717) is 30.5 Å². The fourth-order valence-electron chi connectivity index (χ4n) is 4.01. The Hall–Kier alpha value is -4.69. The monoisotopic (exact) mass is 587 g/mol. The number of aromatic hydroxyl groups is 2. The maximum absolute atomic E-state index is 13.4. The third-order valence-corrected chi connectivity index (χ3v) is 6.31. The van der Waals surface area contributed by atoms with Crippen LogP contribution < -0.4 is 27.4 Å². The predicted octanol–water partition coefficient (Wildman–Crippen LogP) is -0.647. The highest BCUT2D eigenvalue weighted by Gasteiger charge is 2.31. The molecule has 0 saturated heterocycles. The Morgan fingerprint density at radius 3 is 1.60 bits per heavy atom. The first-order valence-electron chi connectivity index (χ1n) is 13.3. The Morgan fingerprint density at radius 2 is 1.12 bits per heavy atom. The number of rotatable bonds is 17. The van der Waals surface area contributed by atoms with Crippen molar-refractivity contribution in [1.82, 2.24) is 16.0 Å². The average molecular weight is 588 g/mol. The molecule has 14 nitrogen and oxygen atoms in total. The van der Waals surface area contributed by atoms with Gasteiger partial charge in [-0.1, -0.05) is 24.3 Å². The summed E-state index contributed by atoms with van der Waals surface area (Å²) in [6.45, 7) is 0.324. The molecule has 0 aliphatic rings. The maximum atomic E-state index is 13.4. The molecule has 11 N–H and O–H groups in total. The van der Waals surface area contributed by atoms with Crippen LogP contribution in [0.25, 0.3) is 0 Å². The Bertz CT molecular complexity index is 1220. The quantitative estimate of drug-likeness (QED) is 0.105. The first-order valence-corrected chi connectivity index (χ1v) is 13.3. The highest BCUT2D eigenvalue weighted by molar-refractivity contribution is 5.94. The number of aliphatic carboxylic acids is 2. The fraction of sp³-hybridized carbons (Fsp3) is 0.393. The van der Waals surface area contributed by atoms with Gasteiger partial charge in [-0.2, -0.15) is 0 Å². The summed E-state index contributed by atoms with van der Waals surface area (Å²) in [6.07, 6.45) is 0.195. The van der Waals surface area contributed by atoms with Gasteiger partial charge in [-0.25, -0.2) is 4.79 Å². The van der Waals surface area contributed by atoms with Crippen LogP contribution in [-0.4, -0.2) is 80.8 Å². The van der Waals surface area contributed by atoms with Gasteiger partial charge in [-0.05, 0) is 61.2 Å². The number of benzene rings is 2. The van der Waals surface area contributed by atoms with E-state index in [4.69, 9.17) is 16.6 Å². The van der Waals surface area contributed by atoms with Crippen LogP contribution in [0, 0.1) is 0 Å². The van der Waals surface area contributed by atoms with E-state index in [9.17, 15) is 39.3 Å². The lowest BCUT2D eigenvalue weighted by atomic mass is 10.0. The molecule has 0 aliphatic heterocycles. The molecule has 42 heavy (non-hydrogen) atoms. The Kier molecular flexibility index (Phi) is 13.2. The van der Waals surface area contributed by atoms with Crippen LogP contribution in [-0.2, 0) is 36.8 Å². The van der Waals surface area contributed by atoms with Crippen LogP contribution in [0.4, 0.5) is 0 Å². The number of nitrogens with two attached hydrogens (primary N) is 2. The summed E-state index contributed by atoms with van der Waals surface area (Å²) in [4.78, 5) is 62.1. The molecule has 4 atom stereocenters. The van der Waals surface area contributed by atoms with E-state index in [0.717, 1.165) is 0 Å². The highest BCUT2D eigenvalue weighted by atomic mass is 16.4. The highest BCUT2D eigenvalue weighted by Crippen LogP contribution is 2.14. The van der Waals surface area contributed by atoms with Crippen LogP contribution in [0.1, 0.15) is 36.8 Å². The number of amides is 3. The largest absolute Gasteiger partial charge is 0.508 e. The zero-order valence-corrected chi connectivity index (χ0v) is 22.9. The Morgan fingerprint density at radius 1 is 0.667 bits per heavy atom. The first-order chi connectivity index (χ1) is 19.9. The summed E-state index contributed by atoms with van der Waals surface area (Å²) in [5.41, 5.74) is 12.2. The van der Waals surface area contributed by atoms with Crippen molar-refractivity contribution in [1.29, 1.82) is 0 Å². The molecule has 4 unspecified atom stereocenters. The molecule has 0 radical (unpaired) electrons. The number of phenolic OH excluding ortho intramolecular Hbond substituents is 2. The van der Waals surface area contributed by atoms with Crippen LogP contribution in [0.5, 0.6) is 11.5 Å². The molecule has 228 valence electrons. The summed E-state index contributed by atoms with van der Waals surface area (Å²) in [7, 11) is 0. The molecule has 0 saturated carbocycles. The molecule has 0 aliphatic carbocycles. The van der Waals surface area contributed by atoms with Crippen molar-refractivity contribution in [3.63, 3.8) is 0 Å². The smallest absolute Gasteiger partial charge is 0.326 e. The fourth-order valence-corrected chi connectivity index (χ4v) is 4.01. The molecule has 3 amide bonds. The SMILES string of the molecule is NCCCCC(NC(=O)C(N)CC(=O)O)C(=O)NC(Cc1ccc(O)cc1)C(=O)NC(Cc1ccc(O)cc1)C(=O)O. The second kappa shape index (κ2) is 16.5. The van der Waals surface area contributed by atoms with Crippen molar-refractivity contribution >= 4 is 29.7 Å². The van der Waals surface area contributed by atoms with Crippen LogP contribution in [0.2, 0.25) is 0 Å². The lowest BCUT2D eigenvalue weighted by Gasteiger charge is -2.25. The molecule has 0 aromatic heterocycles. The number of nitrogens with one attached hydrogen (secondary N) is 3. The lowest BCUT2D eigenvalue weighted by Crippen LogP contribution is -2.58. The molecular formula is C28H37N5O9. The van der Waals surface area contributed by atoms with Gasteiger partial charge in [-0.3, -0.25) is 19.2 Å². The van der Waals surface area contributed by atoms with Crippen molar-refractivity contribution in [3.8, 4) is 11.5 Å². The summed E-state index contributed by atoms with van der Waals surface area (Å²) in [5, 5.41) is 45.2. The van der Waals surface area contributed by atoms with Gasteiger partial charge in [-0.15, -0.1) is 0 Å². The summed E-state index contributed by atoms with van der Waals surface area (Å²) >= 11 is 0. The van der Waals surface area contributed by atoms with E-state index in [1.54, 1.807) is 0 Å². The van der Waals surface area contributed by atoms with Crippen molar-refractivity contribution < 1.29 is 44.4 Å². The average Bonchev–Trinajstić information content (AvgIpc) is 2.93. The normalized spacial score (nSPS) is 13.7. The summed E-state index contributed by atoms with van der Waals surface area (Å²) in [5.74, 6) is -5.13. The van der Waals surface area contributed by atoms with Gasteiger partial charge in [0, 0.05) is 12.8 Å². The van der Waals surface area contributed by atoms with Crippen molar-refractivity contribution in [2.45, 2.75) is 62.7 Å².